The molecule has 0 radical (unpaired) electrons. The molecule has 1 aliphatic rings. The topological polar surface area (TPSA) is 89.2 Å². The molecule has 2 aromatic carbocycles. The summed E-state index contributed by atoms with van der Waals surface area (Å²) in [4.78, 5) is 34.1. The number of anilines is 1. The molecule has 1 saturated carbocycles. The first-order valence-corrected chi connectivity index (χ1v) is 11.6. The Kier molecular flexibility index (Phi) is 6.72. The van der Waals surface area contributed by atoms with Crippen molar-refractivity contribution in [1.29, 1.82) is 0 Å². The maximum Gasteiger partial charge on any atom is 0.253 e. The normalized spacial score (nSPS) is 14.0. The van der Waals surface area contributed by atoms with Gasteiger partial charge in [0.05, 0.1) is 0 Å². The number of hydrogen-bond donors (Lipinski definition) is 1. The Balaban J connectivity index is 1.63. The molecule has 0 atom stereocenters. The zero-order valence-corrected chi connectivity index (χ0v) is 19.6. The van der Waals surface area contributed by atoms with E-state index >= 15 is 0 Å². The summed E-state index contributed by atoms with van der Waals surface area (Å²) >= 11 is 0. The Morgan fingerprint density at radius 2 is 1.91 bits per heavy atom. The van der Waals surface area contributed by atoms with E-state index in [0.717, 1.165) is 31.1 Å². The zero-order valence-electron chi connectivity index (χ0n) is 19.6. The summed E-state index contributed by atoms with van der Waals surface area (Å²) in [7, 11) is 1.70. The van der Waals surface area contributed by atoms with Crippen molar-refractivity contribution in [2.45, 2.75) is 44.4 Å². The van der Waals surface area contributed by atoms with Gasteiger partial charge in [-0.1, -0.05) is 13.0 Å². The second-order valence-electron chi connectivity index (χ2n) is 8.99. The molecule has 176 valence electrons. The number of rotatable bonds is 9. The maximum absolute atomic E-state index is 14.2. The lowest BCUT2D eigenvalue weighted by Gasteiger charge is -2.21. The van der Waals surface area contributed by atoms with E-state index in [0.29, 0.717) is 47.6 Å². The molecule has 34 heavy (non-hydrogen) atoms. The molecule has 0 saturated heterocycles. The third-order valence-electron chi connectivity index (χ3n) is 6.74. The van der Waals surface area contributed by atoms with Crippen LogP contribution in [0.15, 0.2) is 48.8 Å². The van der Waals surface area contributed by atoms with E-state index in [-0.39, 0.29) is 17.1 Å². The van der Waals surface area contributed by atoms with Gasteiger partial charge in [0.1, 0.15) is 17.9 Å². The summed E-state index contributed by atoms with van der Waals surface area (Å²) in [6, 6.07) is 10.3. The van der Waals surface area contributed by atoms with Gasteiger partial charge in [0.15, 0.2) is 0 Å². The first kappa shape index (κ1) is 23.5. The van der Waals surface area contributed by atoms with Crippen LogP contribution in [0, 0.1) is 5.82 Å². The molecule has 0 unspecified atom stereocenters. The minimum absolute atomic E-state index is 0.121. The third-order valence-corrected chi connectivity index (χ3v) is 6.74. The number of halogens is 1. The highest BCUT2D eigenvalue weighted by atomic mass is 19.1. The summed E-state index contributed by atoms with van der Waals surface area (Å²) in [5.41, 5.74) is 10.2. The SMILES string of the molecule is CCC1(c2ccc(C(=O)N(C)CCC=O)cc2Cc2ncc(-c3cc(N)ccc3F)cn2)CC1. The van der Waals surface area contributed by atoms with E-state index in [4.69, 9.17) is 5.73 Å². The first-order chi connectivity index (χ1) is 16.4. The number of nitrogen functional groups attached to an aromatic ring is 1. The highest BCUT2D eigenvalue weighted by Crippen LogP contribution is 2.52. The van der Waals surface area contributed by atoms with Crippen LogP contribution in [0.4, 0.5) is 10.1 Å². The van der Waals surface area contributed by atoms with Gasteiger partial charge in [-0.25, -0.2) is 14.4 Å². The summed E-state index contributed by atoms with van der Waals surface area (Å²) in [6.45, 7) is 2.57. The molecule has 2 N–H and O–H groups in total. The Morgan fingerprint density at radius 1 is 1.18 bits per heavy atom. The number of aromatic nitrogens is 2. The molecule has 1 amide bonds. The van der Waals surface area contributed by atoms with Gasteiger partial charge in [0.25, 0.3) is 5.91 Å². The number of carbonyl (C=O) groups excluding carboxylic acids is 2. The second-order valence-corrected chi connectivity index (χ2v) is 8.99. The third kappa shape index (κ3) is 4.83. The van der Waals surface area contributed by atoms with Crippen molar-refractivity contribution in [2.75, 3.05) is 19.3 Å². The predicted molar refractivity (Wildman–Crippen MR) is 130 cm³/mol. The van der Waals surface area contributed by atoms with E-state index in [9.17, 15) is 14.0 Å². The minimum Gasteiger partial charge on any atom is -0.399 e. The van der Waals surface area contributed by atoms with Gasteiger partial charge in [-0.2, -0.15) is 0 Å². The van der Waals surface area contributed by atoms with Gasteiger partial charge in [0, 0.05) is 61.2 Å². The standard InChI is InChI=1S/C27H29FN4O2/c1-3-27(9-10-27)23-7-5-18(26(34)32(2)11-4-12-33)13-19(23)14-25-30-16-20(17-31-25)22-15-21(29)6-8-24(22)28/h5-8,12-13,15-17H,3-4,9-11,14,29H2,1-2H3. The minimum atomic E-state index is -0.378. The summed E-state index contributed by atoms with van der Waals surface area (Å²) in [5, 5.41) is 0. The van der Waals surface area contributed by atoms with Crippen LogP contribution in [-0.4, -0.2) is 40.7 Å². The lowest BCUT2D eigenvalue weighted by Crippen LogP contribution is -2.28. The summed E-state index contributed by atoms with van der Waals surface area (Å²) < 4.78 is 14.2. The molecule has 1 aromatic heterocycles. The van der Waals surface area contributed by atoms with Crippen molar-refractivity contribution in [3.05, 3.63) is 77.1 Å². The lowest BCUT2D eigenvalue weighted by atomic mass is 9.86. The molecule has 0 aliphatic heterocycles. The van der Waals surface area contributed by atoms with E-state index in [2.05, 4.69) is 23.0 Å². The Hall–Kier alpha value is -3.61. The monoisotopic (exact) mass is 460 g/mol. The molecule has 0 bridgehead atoms. The van der Waals surface area contributed by atoms with Crippen LogP contribution in [0.25, 0.3) is 11.1 Å². The van der Waals surface area contributed by atoms with Crippen molar-refractivity contribution in [3.63, 3.8) is 0 Å². The number of hydrogen-bond acceptors (Lipinski definition) is 5. The highest BCUT2D eigenvalue weighted by molar-refractivity contribution is 5.94. The molecule has 6 nitrogen and oxygen atoms in total. The van der Waals surface area contributed by atoms with Crippen LogP contribution < -0.4 is 5.73 Å². The molecule has 3 aromatic rings. The molecular formula is C27H29FN4O2. The van der Waals surface area contributed by atoms with Crippen molar-refractivity contribution in [1.82, 2.24) is 14.9 Å². The maximum atomic E-state index is 14.2. The molecule has 1 heterocycles. The first-order valence-electron chi connectivity index (χ1n) is 11.6. The Morgan fingerprint density at radius 3 is 2.56 bits per heavy atom. The number of amides is 1. The van der Waals surface area contributed by atoms with Crippen LogP contribution in [0.5, 0.6) is 0 Å². The fourth-order valence-corrected chi connectivity index (χ4v) is 4.44. The van der Waals surface area contributed by atoms with Crippen LogP contribution in [0.1, 0.15) is 59.9 Å². The van der Waals surface area contributed by atoms with E-state index < -0.39 is 0 Å². The molecule has 7 heteroatoms. The van der Waals surface area contributed by atoms with Crippen molar-refractivity contribution in [2.24, 2.45) is 0 Å². The van der Waals surface area contributed by atoms with Crippen LogP contribution in [-0.2, 0) is 16.6 Å². The molecule has 0 spiro atoms. The molecule has 4 rings (SSSR count). The molecule has 1 aliphatic carbocycles. The van der Waals surface area contributed by atoms with Crippen LogP contribution in [0.2, 0.25) is 0 Å². The van der Waals surface area contributed by atoms with E-state index in [1.165, 1.54) is 17.7 Å². The number of aldehydes is 1. The number of carbonyl (C=O) groups is 2. The predicted octanol–water partition coefficient (Wildman–Crippen LogP) is 4.56. The zero-order chi connectivity index (χ0) is 24.3. The van der Waals surface area contributed by atoms with Crippen molar-refractivity contribution >= 4 is 17.9 Å². The fourth-order valence-electron chi connectivity index (χ4n) is 4.44. The second kappa shape index (κ2) is 9.71. The van der Waals surface area contributed by atoms with Gasteiger partial charge in [-0.3, -0.25) is 4.79 Å². The Labute approximate surface area is 199 Å². The average Bonchev–Trinajstić information content (AvgIpc) is 3.65. The Bertz CT molecular complexity index is 1210. The fraction of sp³-hybridized carbons (Fsp3) is 0.333. The number of nitrogens with two attached hydrogens (primary N) is 1. The van der Waals surface area contributed by atoms with Crippen LogP contribution >= 0.6 is 0 Å². The number of nitrogens with zero attached hydrogens (tertiary/aromatic N) is 3. The number of benzene rings is 2. The van der Waals surface area contributed by atoms with E-state index in [1.54, 1.807) is 30.4 Å². The van der Waals surface area contributed by atoms with E-state index in [1.807, 2.05) is 12.1 Å². The smallest absolute Gasteiger partial charge is 0.253 e. The summed E-state index contributed by atoms with van der Waals surface area (Å²) in [6.07, 6.45) is 8.07. The average molecular weight is 461 g/mol. The lowest BCUT2D eigenvalue weighted by molar-refractivity contribution is -0.108. The largest absolute Gasteiger partial charge is 0.399 e. The molecule has 1 fully saturated rings. The van der Waals surface area contributed by atoms with Gasteiger partial charge in [-0.05, 0) is 66.1 Å². The van der Waals surface area contributed by atoms with Gasteiger partial charge in [0.2, 0.25) is 0 Å². The van der Waals surface area contributed by atoms with Crippen LogP contribution in [0.3, 0.4) is 0 Å². The van der Waals surface area contributed by atoms with Gasteiger partial charge < -0.3 is 15.4 Å². The van der Waals surface area contributed by atoms with Crippen molar-refractivity contribution < 1.29 is 14.0 Å². The van der Waals surface area contributed by atoms with Gasteiger partial charge >= 0.3 is 0 Å². The molecular weight excluding hydrogens is 431 g/mol. The van der Waals surface area contributed by atoms with Gasteiger partial charge in [-0.15, -0.1) is 0 Å². The highest BCUT2D eigenvalue weighted by Gasteiger charge is 2.43. The summed E-state index contributed by atoms with van der Waals surface area (Å²) in [5.74, 6) is 0.0981. The quantitative estimate of drug-likeness (QED) is 0.374. The van der Waals surface area contributed by atoms with Crippen molar-refractivity contribution in [3.8, 4) is 11.1 Å².